The molecular formula is C8H4BrClF2N2. The van der Waals surface area contributed by atoms with Gasteiger partial charge in [-0.1, -0.05) is 27.5 Å². The highest BCUT2D eigenvalue weighted by atomic mass is 79.9. The van der Waals surface area contributed by atoms with E-state index >= 15 is 0 Å². The number of nitriles is 1. The van der Waals surface area contributed by atoms with Crippen LogP contribution in [0.4, 0.5) is 8.78 Å². The Bertz CT molecular complexity index is 390. The Kier molecular flexibility index (Phi) is 3.78. The average molecular weight is 281 g/mol. The standard InChI is InChI=1S/C8H4BrClF2N2/c9-2-5-1-4(3-13)6(8(11)12)7(10)14-5/h1,8H,2H2. The van der Waals surface area contributed by atoms with Gasteiger partial charge in [-0.3, -0.25) is 0 Å². The zero-order chi connectivity index (χ0) is 10.7. The van der Waals surface area contributed by atoms with Crippen LogP contribution < -0.4 is 0 Å². The predicted molar refractivity (Wildman–Crippen MR) is 51.6 cm³/mol. The lowest BCUT2D eigenvalue weighted by molar-refractivity contribution is 0.150. The molecule has 0 spiro atoms. The van der Waals surface area contributed by atoms with E-state index < -0.39 is 12.0 Å². The van der Waals surface area contributed by atoms with Crippen LogP contribution in [0, 0.1) is 11.3 Å². The normalized spacial score (nSPS) is 10.3. The van der Waals surface area contributed by atoms with E-state index in [1.54, 1.807) is 6.07 Å². The molecule has 0 aliphatic heterocycles. The molecule has 0 aliphatic carbocycles. The summed E-state index contributed by atoms with van der Waals surface area (Å²) in [5.41, 5.74) is -0.177. The lowest BCUT2D eigenvalue weighted by atomic mass is 10.1. The van der Waals surface area contributed by atoms with Crippen LogP contribution in [-0.4, -0.2) is 4.98 Å². The molecule has 0 aliphatic rings. The van der Waals surface area contributed by atoms with E-state index in [9.17, 15) is 8.78 Å². The topological polar surface area (TPSA) is 36.7 Å². The molecule has 0 unspecified atom stereocenters. The Balaban J connectivity index is 3.37. The first-order valence-corrected chi connectivity index (χ1v) is 5.03. The summed E-state index contributed by atoms with van der Waals surface area (Å²) in [5.74, 6) is 0. The van der Waals surface area contributed by atoms with Gasteiger partial charge in [0.05, 0.1) is 22.9 Å². The van der Waals surface area contributed by atoms with Crippen LogP contribution in [0.2, 0.25) is 5.15 Å². The Hall–Kier alpha value is -0.730. The van der Waals surface area contributed by atoms with Gasteiger partial charge in [-0.25, -0.2) is 13.8 Å². The summed E-state index contributed by atoms with van der Waals surface area (Å²) in [6.07, 6.45) is -2.78. The fourth-order valence-electron chi connectivity index (χ4n) is 0.943. The van der Waals surface area contributed by atoms with Crippen molar-refractivity contribution in [3.8, 4) is 6.07 Å². The van der Waals surface area contributed by atoms with E-state index in [0.717, 1.165) is 0 Å². The van der Waals surface area contributed by atoms with Gasteiger partial charge in [-0.05, 0) is 6.07 Å². The molecule has 1 heterocycles. The maximum Gasteiger partial charge on any atom is 0.268 e. The number of alkyl halides is 3. The number of hydrogen-bond acceptors (Lipinski definition) is 2. The van der Waals surface area contributed by atoms with E-state index in [-0.39, 0.29) is 10.7 Å². The molecule has 1 aromatic rings. The third-order valence-electron chi connectivity index (χ3n) is 1.54. The highest BCUT2D eigenvalue weighted by Gasteiger charge is 2.19. The van der Waals surface area contributed by atoms with Crippen molar-refractivity contribution < 1.29 is 8.78 Å². The van der Waals surface area contributed by atoms with Crippen LogP contribution in [0.3, 0.4) is 0 Å². The molecule has 0 radical (unpaired) electrons. The minimum Gasteiger partial charge on any atom is -0.240 e. The maximum absolute atomic E-state index is 12.4. The van der Waals surface area contributed by atoms with E-state index in [4.69, 9.17) is 16.9 Å². The summed E-state index contributed by atoms with van der Waals surface area (Å²) in [5, 5.41) is 8.68. The van der Waals surface area contributed by atoms with Crippen LogP contribution in [0.25, 0.3) is 0 Å². The Labute approximate surface area is 92.6 Å². The van der Waals surface area contributed by atoms with Gasteiger partial charge in [0.25, 0.3) is 6.43 Å². The summed E-state index contributed by atoms with van der Waals surface area (Å²) >= 11 is 8.62. The number of aromatic nitrogens is 1. The molecule has 2 nitrogen and oxygen atoms in total. The number of nitrogens with zero attached hydrogens (tertiary/aromatic N) is 2. The van der Waals surface area contributed by atoms with Gasteiger partial charge in [-0.2, -0.15) is 5.26 Å². The van der Waals surface area contributed by atoms with Crippen molar-refractivity contribution in [2.24, 2.45) is 0 Å². The Morgan fingerprint density at radius 3 is 2.71 bits per heavy atom. The van der Waals surface area contributed by atoms with E-state index in [2.05, 4.69) is 20.9 Å². The molecular weight excluding hydrogens is 277 g/mol. The summed E-state index contributed by atoms with van der Waals surface area (Å²) in [6, 6.07) is 2.96. The third-order valence-corrected chi connectivity index (χ3v) is 2.40. The molecule has 0 amide bonds. The number of pyridine rings is 1. The monoisotopic (exact) mass is 280 g/mol. The van der Waals surface area contributed by atoms with E-state index in [0.29, 0.717) is 11.0 Å². The van der Waals surface area contributed by atoms with Crippen molar-refractivity contribution in [3.63, 3.8) is 0 Å². The number of halogens is 4. The quantitative estimate of drug-likeness (QED) is 0.615. The van der Waals surface area contributed by atoms with E-state index in [1.165, 1.54) is 6.07 Å². The first-order valence-electron chi connectivity index (χ1n) is 3.53. The second-order valence-corrected chi connectivity index (χ2v) is 3.33. The fraction of sp³-hybridized carbons (Fsp3) is 0.250. The summed E-state index contributed by atoms with van der Waals surface area (Å²) in [4.78, 5) is 3.71. The molecule has 14 heavy (non-hydrogen) atoms. The van der Waals surface area contributed by atoms with Crippen molar-refractivity contribution in [1.82, 2.24) is 4.98 Å². The van der Waals surface area contributed by atoms with Crippen molar-refractivity contribution in [2.45, 2.75) is 11.8 Å². The fourth-order valence-corrected chi connectivity index (χ4v) is 1.52. The van der Waals surface area contributed by atoms with Crippen molar-refractivity contribution in [2.75, 3.05) is 0 Å². The van der Waals surface area contributed by atoms with Crippen LogP contribution in [0.15, 0.2) is 6.07 Å². The van der Waals surface area contributed by atoms with E-state index in [1.807, 2.05) is 0 Å². The van der Waals surface area contributed by atoms with Crippen LogP contribution in [-0.2, 0) is 5.33 Å². The minimum absolute atomic E-state index is 0.130. The summed E-state index contributed by atoms with van der Waals surface area (Å²) in [6.45, 7) is 0. The third kappa shape index (κ3) is 2.20. The van der Waals surface area contributed by atoms with Gasteiger partial charge >= 0.3 is 0 Å². The zero-order valence-electron chi connectivity index (χ0n) is 6.77. The number of hydrogen-bond donors (Lipinski definition) is 0. The molecule has 1 aromatic heterocycles. The van der Waals surface area contributed by atoms with Gasteiger partial charge in [0.2, 0.25) is 0 Å². The van der Waals surface area contributed by atoms with Gasteiger partial charge < -0.3 is 0 Å². The second kappa shape index (κ2) is 4.67. The summed E-state index contributed by atoms with van der Waals surface area (Å²) < 4.78 is 24.8. The highest BCUT2D eigenvalue weighted by Crippen LogP contribution is 2.29. The molecule has 1 rings (SSSR count). The van der Waals surface area contributed by atoms with Gasteiger partial charge in [-0.15, -0.1) is 0 Å². The molecule has 0 fully saturated rings. The second-order valence-electron chi connectivity index (χ2n) is 2.41. The predicted octanol–water partition coefficient (Wildman–Crippen LogP) is 3.44. The van der Waals surface area contributed by atoms with Gasteiger partial charge in [0.15, 0.2) is 0 Å². The first-order chi connectivity index (χ1) is 6.60. The Morgan fingerprint density at radius 2 is 2.29 bits per heavy atom. The molecule has 0 saturated carbocycles. The lowest BCUT2D eigenvalue weighted by Gasteiger charge is -2.06. The highest BCUT2D eigenvalue weighted by molar-refractivity contribution is 9.08. The van der Waals surface area contributed by atoms with Crippen molar-refractivity contribution >= 4 is 27.5 Å². The lowest BCUT2D eigenvalue weighted by Crippen LogP contribution is -1.98. The largest absolute Gasteiger partial charge is 0.268 e. The van der Waals surface area contributed by atoms with Crippen molar-refractivity contribution in [3.05, 3.63) is 28.0 Å². The minimum atomic E-state index is -2.78. The van der Waals surface area contributed by atoms with Crippen LogP contribution >= 0.6 is 27.5 Å². The van der Waals surface area contributed by atoms with Gasteiger partial charge in [0.1, 0.15) is 5.15 Å². The molecule has 0 saturated heterocycles. The van der Waals surface area contributed by atoms with Crippen LogP contribution in [0.5, 0.6) is 0 Å². The molecule has 0 bridgehead atoms. The molecule has 0 atom stereocenters. The van der Waals surface area contributed by atoms with Crippen LogP contribution in [0.1, 0.15) is 23.2 Å². The zero-order valence-corrected chi connectivity index (χ0v) is 9.11. The number of rotatable bonds is 2. The van der Waals surface area contributed by atoms with Crippen molar-refractivity contribution in [1.29, 1.82) is 5.26 Å². The maximum atomic E-state index is 12.4. The molecule has 0 N–H and O–H groups in total. The first kappa shape index (κ1) is 11.3. The Morgan fingerprint density at radius 1 is 1.64 bits per heavy atom. The smallest absolute Gasteiger partial charge is 0.240 e. The molecule has 0 aromatic carbocycles. The SMILES string of the molecule is N#Cc1cc(CBr)nc(Cl)c1C(F)F. The average Bonchev–Trinajstić information content (AvgIpc) is 2.15. The summed E-state index contributed by atoms with van der Waals surface area (Å²) in [7, 11) is 0. The molecule has 6 heteroatoms. The molecule has 74 valence electrons. The van der Waals surface area contributed by atoms with Gasteiger partial charge in [0, 0.05) is 5.33 Å².